The Morgan fingerprint density at radius 2 is 2.04 bits per heavy atom. The van der Waals surface area contributed by atoms with Gasteiger partial charge in [-0.3, -0.25) is 9.59 Å². The molecule has 2 heterocycles. The minimum absolute atomic E-state index is 0.0606. The normalized spacial score (nSPS) is 18.8. The van der Waals surface area contributed by atoms with E-state index in [0.717, 1.165) is 37.1 Å². The Balaban J connectivity index is 1.64. The van der Waals surface area contributed by atoms with Crippen LogP contribution in [-0.4, -0.2) is 36.5 Å². The van der Waals surface area contributed by atoms with Crippen molar-refractivity contribution in [3.8, 4) is 0 Å². The Morgan fingerprint density at radius 3 is 2.85 bits per heavy atom. The van der Waals surface area contributed by atoms with Crippen LogP contribution in [0, 0.1) is 6.92 Å². The number of fused-ring (bicyclic) bond motifs is 2. The predicted molar refractivity (Wildman–Crippen MR) is 108 cm³/mol. The van der Waals surface area contributed by atoms with Crippen LogP contribution >= 0.6 is 11.6 Å². The predicted octanol–water partition coefficient (Wildman–Crippen LogP) is 4.30. The fourth-order valence-electron chi connectivity index (χ4n) is 3.95. The van der Waals surface area contributed by atoms with E-state index in [2.05, 4.69) is 10.2 Å². The summed E-state index contributed by atoms with van der Waals surface area (Å²) in [7, 11) is 2.00. The third-order valence-electron chi connectivity index (χ3n) is 5.57. The molecule has 0 spiro atoms. The van der Waals surface area contributed by atoms with Gasteiger partial charge >= 0.3 is 0 Å². The van der Waals surface area contributed by atoms with Gasteiger partial charge in [0.2, 0.25) is 0 Å². The van der Waals surface area contributed by atoms with Crippen LogP contribution in [0.4, 0.5) is 11.4 Å². The van der Waals surface area contributed by atoms with Crippen molar-refractivity contribution in [2.45, 2.75) is 32.4 Å². The molecule has 0 radical (unpaired) electrons. The molecule has 1 atom stereocenters. The van der Waals surface area contributed by atoms with Crippen molar-refractivity contribution in [2.24, 2.45) is 0 Å². The molecule has 1 N–H and O–H groups in total. The van der Waals surface area contributed by atoms with Crippen LogP contribution in [0.2, 0.25) is 5.02 Å². The van der Waals surface area contributed by atoms with Gasteiger partial charge in [0.1, 0.15) is 6.17 Å². The lowest BCUT2D eigenvalue weighted by molar-refractivity contribution is 0.0589. The molecule has 2 aromatic carbocycles. The van der Waals surface area contributed by atoms with Gasteiger partial charge in [-0.15, -0.1) is 0 Å². The molecule has 0 saturated carbocycles. The molecule has 2 aliphatic rings. The molecular weight excluding hydrogens is 362 g/mol. The van der Waals surface area contributed by atoms with Gasteiger partial charge in [0.15, 0.2) is 0 Å². The number of nitrogens with one attached hydrogen (secondary N) is 1. The second-order valence-corrected chi connectivity index (χ2v) is 7.59. The van der Waals surface area contributed by atoms with Crippen LogP contribution in [0.3, 0.4) is 0 Å². The van der Waals surface area contributed by atoms with Crippen molar-refractivity contribution in [2.75, 3.05) is 23.8 Å². The van der Waals surface area contributed by atoms with E-state index in [1.807, 2.05) is 37.1 Å². The summed E-state index contributed by atoms with van der Waals surface area (Å²) in [6, 6.07) is 10.7. The molecule has 4 rings (SSSR count). The number of halogens is 1. The summed E-state index contributed by atoms with van der Waals surface area (Å²) in [6.45, 7) is 2.67. The second-order valence-electron chi connectivity index (χ2n) is 7.18. The minimum atomic E-state index is -0.213. The maximum Gasteiger partial charge on any atom is 0.257 e. The lowest BCUT2D eigenvalue weighted by Gasteiger charge is -2.46. The molecule has 2 aromatic rings. The standard InChI is InChI=1S/C21H22ClN3O2/c1-13-16(22)6-5-7-17(13)23-20(26)14-9-10-15-18(12-14)24(2)19-8-3-4-11-25(19)21(15)27/h5-7,9-10,12,19H,3-4,8,11H2,1-2H3,(H,23,26)/t19-/m1/s1. The van der Waals surface area contributed by atoms with E-state index in [0.29, 0.717) is 21.8 Å². The molecule has 0 aromatic heterocycles. The first-order valence-corrected chi connectivity index (χ1v) is 9.59. The molecule has 27 heavy (non-hydrogen) atoms. The summed E-state index contributed by atoms with van der Waals surface area (Å²) >= 11 is 6.14. The molecular formula is C21H22ClN3O2. The Labute approximate surface area is 163 Å². The highest BCUT2D eigenvalue weighted by molar-refractivity contribution is 6.31. The molecule has 0 unspecified atom stereocenters. The number of nitrogens with zero attached hydrogens (tertiary/aromatic N) is 2. The van der Waals surface area contributed by atoms with Crippen molar-refractivity contribution >= 4 is 34.8 Å². The van der Waals surface area contributed by atoms with Crippen LogP contribution in [0.15, 0.2) is 36.4 Å². The smallest absolute Gasteiger partial charge is 0.257 e. The maximum atomic E-state index is 12.8. The summed E-state index contributed by atoms with van der Waals surface area (Å²) in [5, 5.41) is 3.53. The maximum absolute atomic E-state index is 12.8. The van der Waals surface area contributed by atoms with Crippen molar-refractivity contribution in [3.05, 3.63) is 58.1 Å². The number of carbonyl (C=O) groups excluding carboxylic acids is 2. The Bertz CT molecular complexity index is 928. The Kier molecular flexibility index (Phi) is 4.56. The SMILES string of the molecule is Cc1c(Cl)cccc1NC(=O)c1ccc2c(c1)N(C)[C@H]1CCCCN1C2=O. The summed E-state index contributed by atoms with van der Waals surface area (Å²) in [5.41, 5.74) is 3.52. The zero-order valence-electron chi connectivity index (χ0n) is 15.5. The second kappa shape index (κ2) is 6.89. The average Bonchev–Trinajstić information content (AvgIpc) is 2.69. The van der Waals surface area contributed by atoms with Crippen molar-refractivity contribution in [1.29, 1.82) is 0 Å². The highest BCUT2D eigenvalue weighted by Crippen LogP contribution is 2.35. The highest BCUT2D eigenvalue weighted by atomic mass is 35.5. The van der Waals surface area contributed by atoms with E-state index in [4.69, 9.17) is 11.6 Å². The van der Waals surface area contributed by atoms with Crippen molar-refractivity contribution < 1.29 is 9.59 Å². The molecule has 2 aliphatic heterocycles. The van der Waals surface area contributed by atoms with Gasteiger partial charge in [-0.05, 0) is 62.1 Å². The zero-order chi connectivity index (χ0) is 19.1. The van der Waals surface area contributed by atoms with Crippen LogP contribution in [-0.2, 0) is 0 Å². The average molecular weight is 384 g/mol. The van der Waals surface area contributed by atoms with Gasteiger partial charge in [-0.25, -0.2) is 0 Å². The molecule has 1 saturated heterocycles. The number of carbonyl (C=O) groups is 2. The van der Waals surface area contributed by atoms with E-state index in [1.165, 1.54) is 0 Å². The van der Waals surface area contributed by atoms with E-state index in [-0.39, 0.29) is 18.0 Å². The van der Waals surface area contributed by atoms with Crippen molar-refractivity contribution in [3.63, 3.8) is 0 Å². The fourth-order valence-corrected chi connectivity index (χ4v) is 4.13. The highest BCUT2D eigenvalue weighted by Gasteiger charge is 2.37. The lowest BCUT2D eigenvalue weighted by atomic mass is 9.97. The first-order valence-electron chi connectivity index (χ1n) is 9.21. The van der Waals surface area contributed by atoms with E-state index >= 15 is 0 Å². The van der Waals surface area contributed by atoms with Gasteiger partial charge in [-0.2, -0.15) is 0 Å². The van der Waals surface area contributed by atoms with Gasteiger partial charge in [0.05, 0.1) is 11.3 Å². The third kappa shape index (κ3) is 3.06. The number of piperidine rings is 1. The Hall–Kier alpha value is -2.53. The summed E-state index contributed by atoms with van der Waals surface area (Å²) in [4.78, 5) is 29.7. The molecule has 0 aliphatic carbocycles. The number of hydrogen-bond donors (Lipinski definition) is 1. The zero-order valence-corrected chi connectivity index (χ0v) is 16.2. The molecule has 2 amide bonds. The molecule has 5 nitrogen and oxygen atoms in total. The minimum Gasteiger partial charge on any atom is -0.354 e. The number of benzene rings is 2. The number of hydrogen-bond acceptors (Lipinski definition) is 3. The molecule has 1 fully saturated rings. The summed E-state index contributed by atoms with van der Waals surface area (Å²) < 4.78 is 0. The van der Waals surface area contributed by atoms with Gasteiger partial charge in [0.25, 0.3) is 11.8 Å². The first kappa shape index (κ1) is 17.9. The first-order chi connectivity index (χ1) is 13.0. The monoisotopic (exact) mass is 383 g/mol. The molecule has 6 heteroatoms. The lowest BCUT2D eigenvalue weighted by Crippen LogP contribution is -2.55. The van der Waals surface area contributed by atoms with Gasteiger partial charge in [0, 0.05) is 29.9 Å². The molecule has 0 bridgehead atoms. The van der Waals surface area contributed by atoms with Crippen molar-refractivity contribution in [1.82, 2.24) is 4.90 Å². The number of anilines is 2. The Morgan fingerprint density at radius 1 is 1.22 bits per heavy atom. The van der Waals surface area contributed by atoms with Crippen LogP contribution in [0.5, 0.6) is 0 Å². The quantitative estimate of drug-likeness (QED) is 0.841. The number of rotatable bonds is 2. The molecule has 140 valence electrons. The van der Waals surface area contributed by atoms with Crippen LogP contribution in [0.1, 0.15) is 45.5 Å². The van der Waals surface area contributed by atoms with Crippen LogP contribution in [0.25, 0.3) is 0 Å². The topological polar surface area (TPSA) is 52.7 Å². The van der Waals surface area contributed by atoms with Gasteiger partial charge < -0.3 is 15.1 Å². The largest absolute Gasteiger partial charge is 0.354 e. The summed E-state index contributed by atoms with van der Waals surface area (Å²) in [6.07, 6.45) is 3.19. The van der Waals surface area contributed by atoms with Gasteiger partial charge in [-0.1, -0.05) is 17.7 Å². The third-order valence-corrected chi connectivity index (χ3v) is 5.97. The van der Waals surface area contributed by atoms with E-state index in [1.54, 1.807) is 18.2 Å². The summed E-state index contributed by atoms with van der Waals surface area (Å²) in [5.74, 6) is -0.152. The van der Waals surface area contributed by atoms with Crippen LogP contribution < -0.4 is 10.2 Å². The van der Waals surface area contributed by atoms with E-state index in [9.17, 15) is 9.59 Å². The fraction of sp³-hybridized carbons (Fsp3) is 0.333. The van der Waals surface area contributed by atoms with E-state index < -0.39 is 0 Å². The number of amides is 2.